The first-order chi connectivity index (χ1) is 19.6. The van der Waals surface area contributed by atoms with Crippen molar-refractivity contribution in [3.05, 3.63) is 60.4 Å². The third kappa shape index (κ3) is 5.69. The number of H-pyrrole nitrogens is 2. The van der Waals surface area contributed by atoms with Crippen LogP contribution in [-0.2, 0) is 11.2 Å². The van der Waals surface area contributed by atoms with Crippen molar-refractivity contribution in [3.63, 3.8) is 0 Å². The Balaban J connectivity index is 1.21. The van der Waals surface area contributed by atoms with Gasteiger partial charge in [0.25, 0.3) is 5.91 Å². The monoisotopic (exact) mass is 550 g/mol. The molecule has 0 unspecified atom stereocenters. The summed E-state index contributed by atoms with van der Waals surface area (Å²) in [4.78, 5) is 19.6. The first kappa shape index (κ1) is 27.0. The summed E-state index contributed by atoms with van der Waals surface area (Å²) in [5.74, 6) is 2.33. The van der Waals surface area contributed by atoms with Gasteiger partial charge in [-0.2, -0.15) is 10.2 Å². The summed E-state index contributed by atoms with van der Waals surface area (Å²) in [7, 11) is 0. The van der Waals surface area contributed by atoms with Crippen LogP contribution in [0.15, 0.2) is 54.6 Å². The smallest absolute Gasteiger partial charge is 0.260 e. The number of nitrogens with one attached hydrogen (secondary N) is 2. The molecule has 0 saturated carbocycles. The number of hydrogen-bond acceptors (Lipinski definition) is 5. The zero-order valence-electron chi connectivity index (χ0n) is 24.5. The highest BCUT2D eigenvalue weighted by atomic mass is 16.5. The predicted molar refractivity (Wildman–Crippen MR) is 163 cm³/mol. The van der Waals surface area contributed by atoms with Crippen LogP contribution in [0.4, 0.5) is 0 Å². The highest BCUT2D eigenvalue weighted by molar-refractivity contribution is 5.98. The standard InChI is InChI=1S/C33H38N6O2/c1-20-7-6-8-21(2)39(20)30(40)19-41-26-13-11-22-15-24(10-9-23(22)16-26)31-27-17-25(12-14-28(27)35-37-31)32-34-29(36-38-32)18-33(3,4)5/h9-17,20-21H,6-8,18-19H2,1-5H3,(H,35,37)(H,34,36,38)/t20-,21+. The summed E-state index contributed by atoms with van der Waals surface area (Å²) >= 11 is 0. The predicted octanol–water partition coefficient (Wildman–Crippen LogP) is 6.93. The molecule has 3 heterocycles. The summed E-state index contributed by atoms with van der Waals surface area (Å²) in [6.07, 6.45) is 4.09. The number of aromatic nitrogens is 5. The van der Waals surface area contributed by atoms with E-state index in [4.69, 9.17) is 9.72 Å². The van der Waals surface area contributed by atoms with Crippen molar-refractivity contribution < 1.29 is 9.53 Å². The maximum Gasteiger partial charge on any atom is 0.260 e. The number of amides is 1. The minimum Gasteiger partial charge on any atom is -0.484 e. The van der Waals surface area contributed by atoms with E-state index in [1.54, 1.807) is 0 Å². The van der Waals surface area contributed by atoms with Crippen LogP contribution in [0, 0.1) is 5.41 Å². The van der Waals surface area contributed by atoms with E-state index < -0.39 is 0 Å². The van der Waals surface area contributed by atoms with Crippen LogP contribution in [0.3, 0.4) is 0 Å². The van der Waals surface area contributed by atoms with Gasteiger partial charge < -0.3 is 9.64 Å². The fourth-order valence-electron chi connectivity index (χ4n) is 5.95. The number of ether oxygens (including phenoxy) is 1. The molecule has 8 heteroatoms. The lowest BCUT2D eigenvalue weighted by Gasteiger charge is -2.38. The summed E-state index contributed by atoms with van der Waals surface area (Å²) in [6.45, 7) is 10.9. The number of piperidine rings is 1. The Hall–Kier alpha value is -4.20. The Bertz CT molecular complexity index is 1700. The van der Waals surface area contributed by atoms with Gasteiger partial charge in [0, 0.05) is 35.0 Å². The fourth-order valence-corrected chi connectivity index (χ4v) is 5.95. The van der Waals surface area contributed by atoms with Gasteiger partial charge in [-0.05, 0) is 85.7 Å². The molecular formula is C33H38N6O2. The Kier molecular flexibility index (Phi) is 7.01. The molecule has 2 N–H and O–H groups in total. The van der Waals surface area contributed by atoms with Gasteiger partial charge in [0.2, 0.25) is 0 Å². The van der Waals surface area contributed by atoms with E-state index in [0.29, 0.717) is 5.75 Å². The Morgan fingerprint density at radius 1 is 0.927 bits per heavy atom. The average Bonchev–Trinajstić information content (AvgIpc) is 3.57. The number of likely N-dealkylation sites (tertiary alicyclic amines) is 1. The van der Waals surface area contributed by atoms with Crippen LogP contribution < -0.4 is 4.74 Å². The van der Waals surface area contributed by atoms with Gasteiger partial charge in [0.1, 0.15) is 5.75 Å². The summed E-state index contributed by atoms with van der Waals surface area (Å²) in [5, 5.41) is 18.5. The highest BCUT2D eigenvalue weighted by Gasteiger charge is 2.29. The molecule has 0 spiro atoms. The number of carbonyl (C=O) groups is 1. The second kappa shape index (κ2) is 10.7. The van der Waals surface area contributed by atoms with Crippen molar-refractivity contribution in [1.29, 1.82) is 0 Å². The molecule has 1 aliphatic rings. The van der Waals surface area contributed by atoms with Crippen LogP contribution in [0.2, 0.25) is 0 Å². The Morgan fingerprint density at radius 3 is 2.44 bits per heavy atom. The van der Waals surface area contributed by atoms with Gasteiger partial charge in [0.15, 0.2) is 18.3 Å². The first-order valence-corrected chi connectivity index (χ1v) is 14.5. The lowest BCUT2D eigenvalue weighted by Crippen LogP contribution is -2.49. The lowest BCUT2D eigenvalue weighted by molar-refractivity contribution is -0.139. The number of aromatic amines is 2. The number of nitrogens with zero attached hydrogens (tertiary/aromatic N) is 4. The average molecular weight is 551 g/mol. The molecule has 2 atom stereocenters. The SMILES string of the molecule is C[C@@H]1CCC[C@H](C)N1C(=O)COc1ccc2cc(-c3n[nH]c4ccc(-c5nc(CC(C)(C)C)n[nH]5)cc34)ccc2c1. The molecular weight excluding hydrogens is 512 g/mol. The zero-order chi connectivity index (χ0) is 28.7. The second-order valence-corrected chi connectivity index (χ2v) is 12.6. The lowest BCUT2D eigenvalue weighted by atomic mass is 9.92. The maximum absolute atomic E-state index is 12.9. The molecule has 1 saturated heterocycles. The van der Waals surface area contributed by atoms with E-state index in [1.807, 2.05) is 35.2 Å². The number of carbonyl (C=O) groups excluding carboxylic acids is 1. The van der Waals surface area contributed by atoms with Crippen LogP contribution >= 0.6 is 0 Å². The van der Waals surface area contributed by atoms with Crippen molar-refractivity contribution in [2.75, 3.05) is 6.61 Å². The van der Waals surface area contributed by atoms with Crippen molar-refractivity contribution >= 4 is 27.6 Å². The highest BCUT2D eigenvalue weighted by Crippen LogP contribution is 2.33. The maximum atomic E-state index is 12.9. The zero-order valence-corrected chi connectivity index (χ0v) is 24.5. The molecule has 6 rings (SSSR count). The third-order valence-electron chi connectivity index (χ3n) is 7.99. The fraction of sp³-hybridized carbons (Fsp3) is 0.394. The Labute approximate surface area is 240 Å². The van der Waals surface area contributed by atoms with Gasteiger partial charge >= 0.3 is 0 Å². The van der Waals surface area contributed by atoms with Gasteiger partial charge in [0.05, 0.1) is 11.2 Å². The van der Waals surface area contributed by atoms with Crippen molar-refractivity contribution in [3.8, 4) is 28.4 Å². The van der Waals surface area contributed by atoms with E-state index in [9.17, 15) is 4.79 Å². The van der Waals surface area contributed by atoms with E-state index in [2.05, 4.69) is 79.3 Å². The first-order valence-electron chi connectivity index (χ1n) is 14.5. The van der Waals surface area contributed by atoms with Gasteiger partial charge in [-0.25, -0.2) is 4.98 Å². The summed E-state index contributed by atoms with van der Waals surface area (Å²) < 4.78 is 5.95. The van der Waals surface area contributed by atoms with E-state index >= 15 is 0 Å². The molecule has 212 valence electrons. The summed E-state index contributed by atoms with van der Waals surface area (Å²) in [5.41, 5.74) is 3.95. The third-order valence-corrected chi connectivity index (χ3v) is 7.99. The van der Waals surface area contributed by atoms with Crippen LogP contribution in [0.25, 0.3) is 44.3 Å². The van der Waals surface area contributed by atoms with Crippen molar-refractivity contribution in [2.45, 2.75) is 72.4 Å². The van der Waals surface area contributed by atoms with E-state index in [0.717, 1.165) is 69.4 Å². The minimum atomic E-state index is 0.0562. The van der Waals surface area contributed by atoms with Crippen LogP contribution in [0.1, 0.15) is 59.7 Å². The largest absolute Gasteiger partial charge is 0.484 e. The minimum absolute atomic E-state index is 0.0562. The number of rotatable bonds is 6. The van der Waals surface area contributed by atoms with E-state index in [1.165, 1.54) is 6.42 Å². The normalized spacial score (nSPS) is 17.8. The number of fused-ring (bicyclic) bond motifs is 2. The molecule has 3 aromatic carbocycles. The van der Waals surface area contributed by atoms with E-state index in [-0.39, 0.29) is 30.0 Å². The molecule has 2 aromatic heterocycles. The van der Waals surface area contributed by atoms with Crippen LogP contribution in [0.5, 0.6) is 5.75 Å². The number of benzene rings is 3. The number of hydrogen-bond donors (Lipinski definition) is 2. The van der Waals surface area contributed by atoms with Gasteiger partial charge in [-0.1, -0.05) is 39.0 Å². The summed E-state index contributed by atoms with van der Waals surface area (Å²) in [6, 6.07) is 19.0. The molecule has 0 bridgehead atoms. The van der Waals surface area contributed by atoms with Gasteiger partial charge in [-0.3, -0.25) is 15.0 Å². The Morgan fingerprint density at radius 2 is 1.66 bits per heavy atom. The molecule has 8 nitrogen and oxygen atoms in total. The van der Waals surface area contributed by atoms with Crippen LogP contribution in [-0.4, -0.2) is 54.9 Å². The van der Waals surface area contributed by atoms with Gasteiger partial charge in [-0.15, -0.1) is 0 Å². The molecule has 0 aliphatic carbocycles. The molecule has 5 aromatic rings. The quantitative estimate of drug-likeness (QED) is 0.239. The molecule has 1 fully saturated rings. The molecule has 1 amide bonds. The topological polar surface area (TPSA) is 99.8 Å². The molecule has 41 heavy (non-hydrogen) atoms. The molecule has 0 radical (unpaired) electrons. The second-order valence-electron chi connectivity index (χ2n) is 12.6. The molecule has 1 aliphatic heterocycles. The van der Waals surface area contributed by atoms with Crippen molar-refractivity contribution in [2.24, 2.45) is 5.41 Å². The van der Waals surface area contributed by atoms with Crippen molar-refractivity contribution in [1.82, 2.24) is 30.3 Å².